The lowest BCUT2D eigenvalue weighted by Crippen LogP contribution is -2.21. The summed E-state index contributed by atoms with van der Waals surface area (Å²) in [7, 11) is 0. The van der Waals surface area contributed by atoms with Gasteiger partial charge in [0.2, 0.25) is 0 Å². The van der Waals surface area contributed by atoms with Crippen LogP contribution in [0.15, 0.2) is 4.79 Å². The minimum Gasteiger partial charge on any atom is -0.394 e. The fourth-order valence-electron chi connectivity index (χ4n) is 1.56. The van der Waals surface area contributed by atoms with Crippen LogP contribution in [0, 0.1) is 6.92 Å². The van der Waals surface area contributed by atoms with Crippen molar-refractivity contribution >= 4 is 0 Å². The van der Waals surface area contributed by atoms with Gasteiger partial charge < -0.3 is 5.11 Å². The summed E-state index contributed by atoms with van der Waals surface area (Å²) in [4.78, 5) is 11.6. The highest BCUT2D eigenvalue weighted by Gasteiger charge is 2.13. The highest BCUT2D eigenvalue weighted by atomic mass is 16.3. The van der Waals surface area contributed by atoms with Gasteiger partial charge in [0.15, 0.2) is 0 Å². The number of aromatic amines is 1. The first-order valence-electron chi connectivity index (χ1n) is 4.48. The van der Waals surface area contributed by atoms with Gasteiger partial charge in [-0.25, -0.2) is 0 Å². The van der Waals surface area contributed by atoms with E-state index in [1.54, 1.807) is 0 Å². The van der Waals surface area contributed by atoms with Crippen molar-refractivity contribution in [1.29, 1.82) is 0 Å². The van der Waals surface area contributed by atoms with Crippen molar-refractivity contribution in [3.8, 4) is 0 Å². The molecule has 0 aliphatic rings. The number of aryl methyl sites for hydroxylation is 1. The molecule has 74 valence electrons. The van der Waals surface area contributed by atoms with E-state index in [-0.39, 0.29) is 18.1 Å². The van der Waals surface area contributed by atoms with Crippen molar-refractivity contribution in [2.45, 2.75) is 33.2 Å². The van der Waals surface area contributed by atoms with Crippen molar-refractivity contribution in [2.75, 3.05) is 6.61 Å². The zero-order valence-corrected chi connectivity index (χ0v) is 8.29. The van der Waals surface area contributed by atoms with Crippen LogP contribution in [0.25, 0.3) is 0 Å². The Morgan fingerprint density at radius 3 is 2.54 bits per heavy atom. The van der Waals surface area contributed by atoms with Crippen LogP contribution in [0.1, 0.15) is 31.0 Å². The SMILES string of the molecule is Cc1[nH]n(CCO)c(=O)c1C(C)C. The molecule has 0 radical (unpaired) electrons. The lowest BCUT2D eigenvalue weighted by atomic mass is 10.1. The lowest BCUT2D eigenvalue weighted by Gasteiger charge is -1.98. The normalized spacial score (nSPS) is 11.2. The number of rotatable bonds is 3. The molecule has 1 heterocycles. The van der Waals surface area contributed by atoms with Gasteiger partial charge in [0.1, 0.15) is 0 Å². The first kappa shape index (κ1) is 10.1. The molecule has 0 saturated heterocycles. The van der Waals surface area contributed by atoms with Gasteiger partial charge in [0.05, 0.1) is 13.2 Å². The predicted molar refractivity (Wildman–Crippen MR) is 51.0 cm³/mol. The zero-order chi connectivity index (χ0) is 10.0. The van der Waals surface area contributed by atoms with Crippen LogP contribution in [0.3, 0.4) is 0 Å². The second-order valence-electron chi connectivity index (χ2n) is 3.49. The molecule has 13 heavy (non-hydrogen) atoms. The standard InChI is InChI=1S/C9H16N2O2/c1-6(2)8-7(3)10-11(4-5-12)9(8)13/h6,10,12H,4-5H2,1-3H3. The summed E-state index contributed by atoms with van der Waals surface area (Å²) in [5.74, 6) is 0.226. The molecule has 0 fully saturated rings. The Morgan fingerprint density at radius 2 is 2.15 bits per heavy atom. The van der Waals surface area contributed by atoms with Crippen LogP contribution < -0.4 is 5.56 Å². The summed E-state index contributed by atoms with van der Waals surface area (Å²) in [5.41, 5.74) is 1.70. The molecule has 1 aromatic heterocycles. The molecule has 0 spiro atoms. The van der Waals surface area contributed by atoms with E-state index < -0.39 is 0 Å². The largest absolute Gasteiger partial charge is 0.394 e. The molecule has 0 unspecified atom stereocenters. The first-order valence-corrected chi connectivity index (χ1v) is 4.48. The summed E-state index contributed by atoms with van der Waals surface area (Å²) in [6.45, 7) is 6.18. The molecular formula is C9H16N2O2. The van der Waals surface area contributed by atoms with E-state index in [4.69, 9.17) is 5.11 Å². The zero-order valence-electron chi connectivity index (χ0n) is 8.29. The Bertz CT molecular complexity index is 336. The Kier molecular flexibility index (Phi) is 2.93. The van der Waals surface area contributed by atoms with Gasteiger partial charge in [-0.15, -0.1) is 0 Å². The fourth-order valence-corrected chi connectivity index (χ4v) is 1.56. The summed E-state index contributed by atoms with van der Waals surface area (Å²) >= 11 is 0. The molecule has 1 aromatic rings. The highest BCUT2D eigenvalue weighted by molar-refractivity contribution is 5.19. The molecule has 0 aliphatic carbocycles. The number of aromatic nitrogens is 2. The average Bonchev–Trinajstić information content (AvgIpc) is 2.28. The average molecular weight is 184 g/mol. The molecule has 0 aliphatic heterocycles. The first-order chi connectivity index (χ1) is 6.07. The van der Waals surface area contributed by atoms with Crippen LogP contribution in [0.4, 0.5) is 0 Å². The van der Waals surface area contributed by atoms with E-state index in [1.807, 2.05) is 20.8 Å². The minimum atomic E-state index is -0.0165. The van der Waals surface area contributed by atoms with Gasteiger partial charge in [-0.3, -0.25) is 14.6 Å². The van der Waals surface area contributed by atoms with E-state index in [9.17, 15) is 4.79 Å². The third-order valence-corrected chi connectivity index (χ3v) is 2.08. The second kappa shape index (κ2) is 3.79. The topological polar surface area (TPSA) is 58.0 Å². The van der Waals surface area contributed by atoms with Gasteiger partial charge >= 0.3 is 0 Å². The molecule has 0 aromatic carbocycles. The molecule has 0 atom stereocenters. The van der Waals surface area contributed by atoms with Crippen LogP contribution in [0.5, 0.6) is 0 Å². The van der Waals surface area contributed by atoms with Crippen molar-refractivity contribution in [3.63, 3.8) is 0 Å². The van der Waals surface area contributed by atoms with Gasteiger partial charge in [-0.1, -0.05) is 13.8 Å². The van der Waals surface area contributed by atoms with Crippen molar-refractivity contribution in [2.24, 2.45) is 0 Å². The maximum Gasteiger partial charge on any atom is 0.270 e. The second-order valence-corrected chi connectivity index (χ2v) is 3.49. The summed E-state index contributed by atoms with van der Waals surface area (Å²) < 4.78 is 1.45. The van der Waals surface area contributed by atoms with Crippen LogP contribution in [-0.2, 0) is 6.54 Å². The molecule has 1 rings (SSSR count). The van der Waals surface area contributed by atoms with Crippen molar-refractivity contribution in [3.05, 3.63) is 21.6 Å². The van der Waals surface area contributed by atoms with Crippen molar-refractivity contribution < 1.29 is 5.11 Å². The number of H-pyrrole nitrogens is 1. The lowest BCUT2D eigenvalue weighted by molar-refractivity contribution is 0.267. The summed E-state index contributed by atoms with van der Waals surface area (Å²) in [6, 6.07) is 0. The number of hydrogen-bond donors (Lipinski definition) is 2. The minimum absolute atomic E-state index is 0.0125. The predicted octanol–water partition coefficient (Wildman–Crippen LogP) is 0.601. The third-order valence-electron chi connectivity index (χ3n) is 2.08. The van der Waals surface area contributed by atoms with Crippen molar-refractivity contribution in [1.82, 2.24) is 9.78 Å². The maximum absolute atomic E-state index is 11.6. The van der Waals surface area contributed by atoms with Crippen LogP contribution in [-0.4, -0.2) is 21.5 Å². The van der Waals surface area contributed by atoms with E-state index in [2.05, 4.69) is 5.10 Å². The molecule has 2 N–H and O–H groups in total. The van der Waals surface area contributed by atoms with E-state index in [0.717, 1.165) is 11.3 Å². The van der Waals surface area contributed by atoms with E-state index in [1.165, 1.54) is 4.68 Å². The van der Waals surface area contributed by atoms with Gasteiger partial charge in [-0.2, -0.15) is 0 Å². The number of hydrogen-bond acceptors (Lipinski definition) is 2. The van der Waals surface area contributed by atoms with Crippen LogP contribution >= 0.6 is 0 Å². The van der Waals surface area contributed by atoms with Crippen LogP contribution in [0.2, 0.25) is 0 Å². The fraction of sp³-hybridized carbons (Fsp3) is 0.667. The molecule has 0 saturated carbocycles. The number of aliphatic hydroxyl groups is 1. The molecular weight excluding hydrogens is 168 g/mol. The monoisotopic (exact) mass is 184 g/mol. The molecule has 4 heteroatoms. The van der Waals surface area contributed by atoms with E-state index in [0.29, 0.717) is 6.54 Å². The summed E-state index contributed by atoms with van der Waals surface area (Å²) in [6.07, 6.45) is 0. The number of aliphatic hydroxyl groups excluding tert-OH is 1. The Labute approximate surface area is 77.2 Å². The highest BCUT2D eigenvalue weighted by Crippen LogP contribution is 2.12. The molecule has 4 nitrogen and oxygen atoms in total. The quantitative estimate of drug-likeness (QED) is 0.722. The third kappa shape index (κ3) is 1.83. The molecule has 0 bridgehead atoms. The Balaban J connectivity index is 3.15. The number of nitrogens with one attached hydrogen (secondary N) is 1. The Hall–Kier alpha value is -1.03. The maximum atomic E-state index is 11.6. The van der Waals surface area contributed by atoms with E-state index >= 15 is 0 Å². The summed E-state index contributed by atoms with van der Waals surface area (Å²) in [5, 5.41) is 11.6. The Morgan fingerprint density at radius 1 is 1.54 bits per heavy atom. The smallest absolute Gasteiger partial charge is 0.270 e. The molecule has 0 amide bonds. The van der Waals surface area contributed by atoms with Gasteiger partial charge in [-0.05, 0) is 12.8 Å². The van der Waals surface area contributed by atoms with Gasteiger partial charge in [0.25, 0.3) is 5.56 Å². The number of nitrogens with zero attached hydrogens (tertiary/aromatic N) is 1. The van der Waals surface area contributed by atoms with Gasteiger partial charge in [0, 0.05) is 11.3 Å².